The number of hydrogen-bond donors (Lipinski definition) is 1. The molecule has 136 valence electrons. The molecule has 1 N–H and O–H groups in total. The largest absolute Gasteiger partial charge is 0.481 e. The van der Waals surface area contributed by atoms with Crippen LogP contribution in [-0.2, 0) is 24.6 Å². The van der Waals surface area contributed by atoms with Crippen molar-refractivity contribution in [1.82, 2.24) is 14.5 Å². The lowest BCUT2D eigenvalue weighted by atomic mass is 9.90. The summed E-state index contributed by atoms with van der Waals surface area (Å²) >= 11 is 0. The Balaban J connectivity index is 1.86. The molecule has 2 heterocycles. The molecular formula is C17H20F3N3O2. The number of aromatic nitrogens is 2. The number of fused-ring (bicyclic) bond motifs is 1. The fraction of sp³-hybridized carbons (Fsp3) is 0.529. The van der Waals surface area contributed by atoms with Crippen molar-refractivity contribution < 1.29 is 23.1 Å². The number of carboxylic acid groups (broad SMARTS) is 1. The third kappa shape index (κ3) is 3.63. The highest BCUT2D eigenvalue weighted by atomic mass is 19.4. The van der Waals surface area contributed by atoms with Crippen molar-refractivity contribution in [2.75, 3.05) is 13.1 Å². The molecule has 1 saturated heterocycles. The van der Waals surface area contributed by atoms with Crippen LogP contribution in [0.15, 0.2) is 18.2 Å². The van der Waals surface area contributed by atoms with Gasteiger partial charge in [0.1, 0.15) is 5.82 Å². The molecule has 1 aromatic heterocycles. The summed E-state index contributed by atoms with van der Waals surface area (Å²) in [4.78, 5) is 17.6. The molecule has 0 radical (unpaired) electrons. The van der Waals surface area contributed by atoms with E-state index < -0.39 is 23.6 Å². The summed E-state index contributed by atoms with van der Waals surface area (Å²) in [6, 6.07) is 3.53. The first-order chi connectivity index (χ1) is 11.6. The summed E-state index contributed by atoms with van der Waals surface area (Å²) in [6.07, 6.45) is -3.76. The lowest BCUT2D eigenvalue weighted by Crippen LogP contribution is -2.42. The van der Waals surface area contributed by atoms with Gasteiger partial charge in [0, 0.05) is 20.1 Å². The topological polar surface area (TPSA) is 58.4 Å². The summed E-state index contributed by atoms with van der Waals surface area (Å²) in [5.41, 5.74) is 0.206. The monoisotopic (exact) mass is 355 g/mol. The van der Waals surface area contributed by atoms with E-state index in [2.05, 4.69) is 4.98 Å². The van der Waals surface area contributed by atoms with Crippen molar-refractivity contribution >= 4 is 17.0 Å². The zero-order chi connectivity index (χ0) is 18.4. The summed E-state index contributed by atoms with van der Waals surface area (Å²) in [5, 5.41) is 9.26. The standard InChI is InChI=1S/C17H20F3N3O2/c1-10-5-11(16(24)25)8-23(7-10)9-15-21-13-6-12(17(18,19)20)3-4-14(13)22(15)2/h3-4,6,10-11H,5,7-9H2,1-2H3,(H,24,25). The average molecular weight is 355 g/mol. The summed E-state index contributed by atoms with van der Waals surface area (Å²) in [6.45, 7) is 3.60. The van der Waals surface area contributed by atoms with E-state index >= 15 is 0 Å². The number of imidazole rings is 1. The predicted molar refractivity (Wildman–Crippen MR) is 85.9 cm³/mol. The van der Waals surface area contributed by atoms with Gasteiger partial charge in [-0.2, -0.15) is 13.2 Å². The third-order valence-corrected chi connectivity index (χ3v) is 4.75. The number of benzene rings is 1. The van der Waals surface area contributed by atoms with Gasteiger partial charge in [-0.05, 0) is 30.5 Å². The average Bonchev–Trinajstić information content (AvgIpc) is 2.81. The number of nitrogens with zero attached hydrogens (tertiary/aromatic N) is 3. The molecule has 0 spiro atoms. The molecule has 1 aliphatic rings. The fourth-order valence-electron chi connectivity index (χ4n) is 3.54. The van der Waals surface area contributed by atoms with Gasteiger partial charge >= 0.3 is 12.1 Å². The van der Waals surface area contributed by atoms with Gasteiger partial charge in [0.25, 0.3) is 0 Å². The normalized spacial score (nSPS) is 22.4. The zero-order valence-electron chi connectivity index (χ0n) is 14.0. The van der Waals surface area contributed by atoms with Crippen molar-refractivity contribution in [2.45, 2.75) is 26.1 Å². The van der Waals surface area contributed by atoms with E-state index in [9.17, 15) is 23.1 Å². The van der Waals surface area contributed by atoms with Crippen molar-refractivity contribution in [3.8, 4) is 0 Å². The highest BCUT2D eigenvalue weighted by molar-refractivity contribution is 5.77. The van der Waals surface area contributed by atoms with Crippen LogP contribution in [0.3, 0.4) is 0 Å². The molecule has 0 amide bonds. The smallest absolute Gasteiger partial charge is 0.416 e. The van der Waals surface area contributed by atoms with Crippen LogP contribution in [0.25, 0.3) is 11.0 Å². The van der Waals surface area contributed by atoms with Crippen LogP contribution in [0.1, 0.15) is 24.7 Å². The quantitative estimate of drug-likeness (QED) is 0.919. The Bertz CT molecular complexity index is 800. The van der Waals surface area contributed by atoms with Crippen LogP contribution < -0.4 is 0 Å². The molecule has 2 atom stereocenters. The molecule has 5 nitrogen and oxygen atoms in total. The van der Waals surface area contributed by atoms with E-state index in [1.165, 1.54) is 6.07 Å². The lowest BCUT2D eigenvalue weighted by molar-refractivity contribution is -0.144. The predicted octanol–water partition coefficient (Wildman–Crippen LogP) is 3.13. The maximum absolute atomic E-state index is 12.9. The Kier molecular flexibility index (Phi) is 4.49. The van der Waals surface area contributed by atoms with Gasteiger partial charge in [-0.25, -0.2) is 4.98 Å². The Hall–Kier alpha value is -2.09. The first kappa shape index (κ1) is 17.7. The number of aryl methyl sites for hydroxylation is 1. The van der Waals surface area contributed by atoms with E-state index in [4.69, 9.17) is 0 Å². The third-order valence-electron chi connectivity index (χ3n) is 4.75. The maximum atomic E-state index is 12.9. The SMILES string of the molecule is CC1CC(C(=O)O)CN(Cc2nc3cc(C(F)(F)F)ccc3n2C)C1. The van der Waals surface area contributed by atoms with Gasteiger partial charge < -0.3 is 9.67 Å². The van der Waals surface area contributed by atoms with Gasteiger partial charge in [-0.1, -0.05) is 6.92 Å². The number of likely N-dealkylation sites (tertiary alicyclic amines) is 1. The second kappa shape index (κ2) is 6.33. The minimum Gasteiger partial charge on any atom is -0.481 e. The summed E-state index contributed by atoms with van der Waals surface area (Å²) in [7, 11) is 1.76. The van der Waals surface area contributed by atoms with Crippen LogP contribution in [-0.4, -0.2) is 38.6 Å². The second-order valence-corrected chi connectivity index (χ2v) is 6.86. The van der Waals surface area contributed by atoms with Crippen LogP contribution >= 0.6 is 0 Å². The van der Waals surface area contributed by atoms with Crippen LogP contribution in [0.2, 0.25) is 0 Å². The van der Waals surface area contributed by atoms with Crippen LogP contribution in [0, 0.1) is 11.8 Å². The van der Waals surface area contributed by atoms with E-state index in [1.807, 2.05) is 11.8 Å². The van der Waals surface area contributed by atoms with E-state index in [-0.39, 0.29) is 5.92 Å². The lowest BCUT2D eigenvalue weighted by Gasteiger charge is -2.34. The van der Waals surface area contributed by atoms with Crippen molar-refractivity contribution in [3.63, 3.8) is 0 Å². The number of rotatable bonds is 3. The molecule has 1 fully saturated rings. The van der Waals surface area contributed by atoms with Crippen molar-refractivity contribution in [3.05, 3.63) is 29.6 Å². The molecule has 0 saturated carbocycles. The summed E-state index contributed by atoms with van der Waals surface area (Å²) < 4.78 is 40.3. The number of alkyl halides is 3. The minimum absolute atomic E-state index is 0.251. The molecule has 0 aliphatic carbocycles. The number of halogens is 3. The molecule has 1 aromatic carbocycles. The van der Waals surface area contributed by atoms with Crippen LogP contribution in [0.4, 0.5) is 13.2 Å². The molecule has 3 rings (SSSR count). The Morgan fingerprint density at radius 1 is 1.36 bits per heavy atom. The molecular weight excluding hydrogens is 335 g/mol. The Labute approximate surface area is 143 Å². The maximum Gasteiger partial charge on any atom is 0.416 e. The summed E-state index contributed by atoms with van der Waals surface area (Å²) in [5.74, 6) is -0.347. The molecule has 25 heavy (non-hydrogen) atoms. The van der Waals surface area contributed by atoms with Gasteiger partial charge in [-0.3, -0.25) is 9.69 Å². The van der Waals surface area contributed by atoms with Gasteiger partial charge in [0.15, 0.2) is 0 Å². The number of carboxylic acids is 1. The van der Waals surface area contributed by atoms with Gasteiger partial charge in [0.05, 0.1) is 29.1 Å². The van der Waals surface area contributed by atoms with Gasteiger partial charge in [-0.15, -0.1) is 0 Å². The second-order valence-electron chi connectivity index (χ2n) is 6.86. The number of aliphatic carboxylic acids is 1. The zero-order valence-corrected chi connectivity index (χ0v) is 14.0. The molecule has 8 heteroatoms. The molecule has 1 aliphatic heterocycles. The Morgan fingerprint density at radius 3 is 2.72 bits per heavy atom. The van der Waals surface area contributed by atoms with E-state index in [1.54, 1.807) is 11.6 Å². The Morgan fingerprint density at radius 2 is 2.08 bits per heavy atom. The first-order valence-corrected chi connectivity index (χ1v) is 8.13. The number of hydrogen-bond acceptors (Lipinski definition) is 3. The minimum atomic E-state index is -4.40. The van der Waals surface area contributed by atoms with E-state index in [0.717, 1.165) is 18.7 Å². The highest BCUT2D eigenvalue weighted by Crippen LogP contribution is 2.31. The molecule has 2 aromatic rings. The molecule has 0 bridgehead atoms. The first-order valence-electron chi connectivity index (χ1n) is 8.13. The highest BCUT2D eigenvalue weighted by Gasteiger charge is 2.32. The number of piperidine rings is 1. The van der Waals surface area contributed by atoms with Crippen molar-refractivity contribution in [2.24, 2.45) is 18.9 Å². The van der Waals surface area contributed by atoms with Gasteiger partial charge in [0.2, 0.25) is 0 Å². The fourth-order valence-corrected chi connectivity index (χ4v) is 3.54. The van der Waals surface area contributed by atoms with Crippen LogP contribution in [0.5, 0.6) is 0 Å². The molecule has 2 unspecified atom stereocenters. The van der Waals surface area contributed by atoms with E-state index in [0.29, 0.717) is 36.4 Å². The number of carbonyl (C=O) groups is 1. The van der Waals surface area contributed by atoms with Crippen molar-refractivity contribution in [1.29, 1.82) is 0 Å².